The normalized spacial score (nSPS) is 22.5. The third kappa shape index (κ3) is 3.70. The van der Waals surface area contributed by atoms with Crippen LogP contribution in [0.15, 0.2) is 12.1 Å². The predicted octanol–water partition coefficient (Wildman–Crippen LogP) is 2.45. The SMILES string of the molecule is CCCc1cc(C(=O)O)cc(NC2CCCCC2O)n1. The van der Waals surface area contributed by atoms with Crippen LogP contribution in [0.2, 0.25) is 0 Å². The molecule has 1 fully saturated rings. The minimum atomic E-state index is -0.947. The molecule has 2 rings (SSSR count). The van der Waals surface area contributed by atoms with Crippen molar-refractivity contribution < 1.29 is 15.0 Å². The van der Waals surface area contributed by atoms with Crippen LogP contribution in [0.25, 0.3) is 0 Å². The number of aliphatic hydroxyl groups excluding tert-OH is 1. The van der Waals surface area contributed by atoms with Gasteiger partial charge in [0.1, 0.15) is 5.82 Å². The summed E-state index contributed by atoms with van der Waals surface area (Å²) in [6.45, 7) is 2.03. The summed E-state index contributed by atoms with van der Waals surface area (Å²) in [5.74, 6) is -0.392. The number of aliphatic hydroxyl groups is 1. The van der Waals surface area contributed by atoms with E-state index in [9.17, 15) is 9.90 Å². The molecule has 0 aromatic carbocycles. The first-order valence-corrected chi connectivity index (χ1v) is 7.29. The second-order valence-electron chi connectivity index (χ2n) is 5.39. The molecule has 5 heteroatoms. The number of aromatic carboxylic acids is 1. The number of anilines is 1. The lowest BCUT2D eigenvalue weighted by atomic mass is 9.92. The summed E-state index contributed by atoms with van der Waals surface area (Å²) >= 11 is 0. The van der Waals surface area contributed by atoms with Crippen LogP contribution in [0, 0.1) is 0 Å². The largest absolute Gasteiger partial charge is 0.478 e. The lowest BCUT2D eigenvalue weighted by molar-refractivity contribution is 0.0696. The fourth-order valence-electron chi connectivity index (χ4n) is 2.64. The van der Waals surface area contributed by atoms with Crippen molar-refractivity contribution in [3.8, 4) is 0 Å². The number of carbonyl (C=O) groups is 1. The lowest BCUT2D eigenvalue weighted by Gasteiger charge is -2.29. The summed E-state index contributed by atoms with van der Waals surface area (Å²) in [6, 6.07) is 3.13. The Balaban J connectivity index is 2.18. The number of aromatic nitrogens is 1. The van der Waals surface area contributed by atoms with E-state index in [0.717, 1.165) is 44.2 Å². The van der Waals surface area contributed by atoms with Gasteiger partial charge in [0, 0.05) is 5.69 Å². The van der Waals surface area contributed by atoms with Crippen molar-refractivity contribution in [1.29, 1.82) is 0 Å². The number of nitrogens with zero attached hydrogens (tertiary/aromatic N) is 1. The van der Waals surface area contributed by atoms with Crippen molar-refractivity contribution in [2.75, 3.05) is 5.32 Å². The number of hydrogen-bond donors (Lipinski definition) is 3. The van der Waals surface area contributed by atoms with Gasteiger partial charge in [0.15, 0.2) is 0 Å². The Morgan fingerprint density at radius 3 is 2.80 bits per heavy atom. The highest BCUT2D eigenvalue weighted by Gasteiger charge is 2.23. The summed E-state index contributed by atoms with van der Waals surface area (Å²) in [5, 5.41) is 22.3. The maximum Gasteiger partial charge on any atom is 0.335 e. The molecule has 1 aromatic heterocycles. The molecule has 5 nitrogen and oxygen atoms in total. The molecule has 110 valence electrons. The van der Waals surface area contributed by atoms with E-state index in [1.807, 2.05) is 6.92 Å². The van der Waals surface area contributed by atoms with Gasteiger partial charge in [-0.05, 0) is 31.4 Å². The minimum absolute atomic E-state index is 0.0326. The second kappa shape index (κ2) is 6.70. The molecule has 1 heterocycles. The minimum Gasteiger partial charge on any atom is -0.478 e. The molecule has 1 aromatic rings. The van der Waals surface area contributed by atoms with E-state index in [1.165, 1.54) is 0 Å². The van der Waals surface area contributed by atoms with E-state index in [4.69, 9.17) is 5.11 Å². The molecule has 0 spiro atoms. The monoisotopic (exact) mass is 278 g/mol. The zero-order chi connectivity index (χ0) is 14.5. The Morgan fingerprint density at radius 2 is 2.15 bits per heavy atom. The molecular formula is C15H22N2O3. The lowest BCUT2D eigenvalue weighted by Crippen LogP contribution is -2.36. The number of carboxylic acid groups (broad SMARTS) is 1. The van der Waals surface area contributed by atoms with Crippen LogP contribution >= 0.6 is 0 Å². The van der Waals surface area contributed by atoms with Crippen LogP contribution in [0.3, 0.4) is 0 Å². The van der Waals surface area contributed by atoms with E-state index in [1.54, 1.807) is 12.1 Å². The van der Waals surface area contributed by atoms with Crippen LogP contribution in [-0.4, -0.2) is 33.3 Å². The third-order valence-electron chi connectivity index (χ3n) is 3.69. The number of carboxylic acids is 1. The van der Waals surface area contributed by atoms with Gasteiger partial charge in [-0.3, -0.25) is 0 Å². The van der Waals surface area contributed by atoms with Crippen LogP contribution in [0.4, 0.5) is 5.82 Å². The third-order valence-corrected chi connectivity index (χ3v) is 3.69. The molecule has 3 N–H and O–H groups in total. The van der Waals surface area contributed by atoms with Crippen LogP contribution in [0.5, 0.6) is 0 Å². The highest BCUT2D eigenvalue weighted by Crippen LogP contribution is 2.22. The molecule has 0 aliphatic heterocycles. The number of hydrogen-bond acceptors (Lipinski definition) is 4. The molecule has 0 bridgehead atoms. The fraction of sp³-hybridized carbons (Fsp3) is 0.600. The number of rotatable bonds is 5. The number of pyridine rings is 1. The van der Waals surface area contributed by atoms with Gasteiger partial charge >= 0.3 is 5.97 Å². The van der Waals surface area contributed by atoms with E-state index in [0.29, 0.717) is 5.82 Å². The summed E-state index contributed by atoms with van der Waals surface area (Å²) in [6.07, 6.45) is 5.10. The maximum atomic E-state index is 11.2. The van der Waals surface area contributed by atoms with Crippen molar-refractivity contribution in [1.82, 2.24) is 4.98 Å². The van der Waals surface area contributed by atoms with E-state index in [-0.39, 0.29) is 17.7 Å². The molecule has 2 atom stereocenters. The summed E-state index contributed by atoms with van der Waals surface area (Å²) < 4.78 is 0. The molecule has 1 aliphatic carbocycles. The first-order valence-electron chi connectivity index (χ1n) is 7.29. The van der Waals surface area contributed by atoms with Gasteiger partial charge in [-0.25, -0.2) is 9.78 Å². The highest BCUT2D eigenvalue weighted by atomic mass is 16.4. The molecule has 0 amide bonds. The zero-order valence-electron chi connectivity index (χ0n) is 11.8. The Bertz CT molecular complexity index is 476. The summed E-state index contributed by atoms with van der Waals surface area (Å²) in [7, 11) is 0. The first-order chi connectivity index (χ1) is 9.60. The molecule has 0 saturated heterocycles. The standard InChI is InChI=1S/C15H22N2O3/c1-2-5-11-8-10(15(19)20)9-14(16-11)17-12-6-3-4-7-13(12)18/h8-9,12-13,18H,2-7H2,1H3,(H,16,17)(H,19,20). The second-order valence-corrected chi connectivity index (χ2v) is 5.39. The maximum absolute atomic E-state index is 11.2. The van der Waals surface area contributed by atoms with Gasteiger partial charge in [-0.1, -0.05) is 26.2 Å². The Kier molecular flexibility index (Phi) is 4.95. The highest BCUT2D eigenvalue weighted by molar-refractivity contribution is 5.88. The van der Waals surface area contributed by atoms with Crippen LogP contribution in [0.1, 0.15) is 55.1 Å². The van der Waals surface area contributed by atoms with Crippen molar-refractivity contribution in [2.45, 2.75) is 57.6 Å². The van der Waals surface area contributed by atoms with Crippen molar-refractivity contribution >= 4 is 11.8 Å². The van der Waals surface area contributed by atoms with Crippen LogP contribution in [-0.2, 0) is 6.42 Å². The number of aryl methyl sites for hydroxylation is 1. The zero-order valence-corrected chi connectivity index (χ0v) is 11.8. The van der Waals surface area contributed by atoms with Crippen molar-refractivity contribution in [2.24, 2.45) is 0 Å². The number of nitrogens with one attached hydrogen (secondary N) is 1. The Labute approximate surface area is 119 Å². The van der Waals surface area contributed by atoms with Crippen molar-refractivity contribution in [3.63, 3.8) is 0 Å². The van der Waals surface area contributed by atoms with Crippen molar-refractivity contribution in [3.05, 3.63) is 23.4 Å². The van der Waals surface area contributed by atoms with E-state index < -0.39 is 5.97 Å². The van der Waals surface area contributed by atoms with Gasteiger partial charge in [0.25, 0.3) is 0 Å². The Morgan fingerprint density at radius 1 is 1.40 bits per heavy atom. The molecule has 20 heavy (non-hydrogen) atoms. The molecule has 2 unspecified atom stereocenters. The van der Waals surface area contributed by atoms with Gasteiger partial charge < -0.3 is 15.5 Å². The quantitative estimate of drug-likeness (QED) is 0.770. The Hall–Kier alpha value is -1.62. The topological polar surface area (TPSA) is 82.5 Å². The van der Waals surface area contributed by atoms with Gasteiger partial charge in [-0.15, -0.1) is 0 Å². The van der Waals surface area contributed by atoms with E-state index >= 15 is 0 Å². The van der Waals surface area contributed by atoms with Gasteiger partial charge in [-0.2, -0.15) is 0 Å². The fourth-order valence-corrected chi connectivity index (χ4v) is 2.64. The molecule has 1 aliphatic rings. The van der Waals surface area contributed by atoms with Crippen LogP contribution < -0.4 is 5.32 Å². The summed E-state index contributed by atoms with van der Waals surface area (Å²) in [5.41, 5.74) is 1.02. The average Bonchev–Trinajstić information content (AvgIpc) is 2.41. The molecule has 1 saturated carbocycles. The average molecular weight is 278 g/mol. The van der Waals surface area contributed by atoms with E-state index in [2.05, 4.69) is 10.3 Å². The smallest absolute Gasteiger partial charge is 0.335 e. The van der Waals surface area contributed by atoms with Gasteiger partial charge in [0.2, 0.25) is 0 Å². The summed E-state index contributed by atoms with van der Waals surface area (Å²) in [4.78, 5) is 15.6. The first kappa shape index (κ1) is 14.8. The molecular weight excluding hydrogens is 256 g/mol. The predicted molar refractivity (Wildman–Crippen MR) is 77.1 cm³/mol. The molecule has 0 radical (unpaired) electrons. The van der Waals surface area contributed by atoms with Gasteiger partial charge in [0.05, 0.1) is 17.7 Å².